The van der Waals surface area contributed by atoms with E-state index in [1.165, 1.54) is 5.56 Å². The van der Waals surface area contributed by atoms with Gasteiger partial charge < -0.3 is 5.32 Å². The number of benzene rings is 2. The van der Waals surface area contributed by atoms with Gasteiger partial charge in [0.2, 0.25) is 5.91 Å². The summed E-state index contributed by atoms with van der Waals surface area (Å²) in [6, 6.07) is 18.8. The Morgan fingerprint density at radius 3 is 2.62 bits per heavy atom. The highest BCUT2D eigenvalue weighted by atomic mass is 16.2. The van der Waals surface area contributed by atoms with Gasteiger partial charge in [0, 0.05) is 37.6 Å². The molecule has 2 heterocycles. The average molecular weight is 427 g/mol. The number of likely N-dealkylation sites (tertiary alicyclic amines) is 1. The number of hydrogen-bond donors (Lipinski definition) is 1. The Morgan fingerprint density at radius 2 is 1.84 bits per heavy atom. The summed E-state index contributed by atoms with van der Waals surface area (Å²) < 4.78 is 0. The van der Waals surface area contributed by atoms with Crippen LogP contribution in [0.5, 0.6) is 0 Å². The van der Waals surface area contributed by atoms with Gasteiger partial charge in [-0.15, -0.1) is 6.58 Å². The first-order valence-electron chi connectivity index (χ1n) is 11.2. The van der Waals surface area contributed by atoms with Crippen LogP contribution in [0, 0.1) is 5.41 Å². The first-order valence-corrected chi connectivity index (χ1v) is 11.2. The molecule has 1 aromatic heterocycles. The smallest absolute Gasteiger partial charge is 0.228 e. The standard InChI is InChI=1S/C27H30N4O/c1-2-14-30-26(32)27(13-8-15-31(20-27)19-22-9-4-3-5-10-22)16-23-11-6-7-12-25(23)24-17-28-21-29-18-24/h2-7,9-12,17-18,21H,1,8,13-16,19-20H2,(H,30,32). The van der Waals surface area contributed by atoms with E-state index in [1.54, 1.807) is 12.4 Å². The second kappa shape index (κ2) is 10.3. The van der Waals surface area contributed by atoms with Crippen LogP contribution in [0.2, 0.25) is 0 Å². The molecule has 1 aliphatic rings. The van der Waals surface area contributed by atoms with Crippen LogP contribution in [-0.4, -0.2) is 40.4 Å². The van der Waals surface area contributed by atoms with Gasteiger partial charge in [-0.2, -0.15) is 0 Å². The predicted octanol–water partition coefficient (Wildman–Crippen LogP) is 4.27. The largest absolute Gasteiger partial charge is 0.352 e. The van der Waals surface area contributed by atoms with Gasteiger partial charge in [0.15, 0.2) is 0 Å². The highest BCUT2D eigenvalue weighted by Gasteiger charge is 2.42. The summed E-state index contributed by atoms with van der Waals surface area (Å²) >= 11 is 0. The van der Waals surface area contributed by atoms with E-state index in [0.717, 1.165) is 49.2 Å². The first-order chi connectivity index (χ1) is 15.7. The molecule has 32 heavy (non-hydrogen) atoms. The van der Waals surface area contributed by atoms with Crippen molar-refractivity contribution in [3.05, 3.63) is 97.1 Å². The van der Waals surface area contributed by atoms with Crippen molar-refractivity contribution in [3.63, 3.8) is 0 Å². The summed E-state index contributed by atoms with van der Waals surface area (Å²) in [6.45, 7) is 6.83. The van der Waals surface area contributed by atoms with Crippen molar-refractivity contribution in [1.29, 1.82) is 0 Å². The molecule has 3 aromatic rings. The molecule has 1 unspecified atom stereocenters. The fraction of sp³-hybridized carbons (Fsp3) is 0.296. The number of aromatic nitrogens is 2. The van der Waals surface area contributed by atoms with E-state index in [2.05, 4.69) is 63.2 Å². The zero-order chi connectivity index (χ0) is 22.2. The number of nitrogens with one attached hydrogen (secondary N) is 1. The van der Waals surface area contributed by atoms with Gasteiger partial charge in [-0.1, -0.05) is 60.7 Å². The molecule has 5 nitrogen and oxygen atoms in total. The second-order valence-corrected chi connectivity index (χ2v) is 8.54. The summed E-state index contributed by atoms with van der Waals surface area (Å²) in [5, 5.41) is 3.10. The fourth-order valence-corrected chi connectivity index (χ4v) is 4.72. The van der Waals surface area contributed by atoms with Gasteiger partial charge in [0.05, 0.1) is 5.41 Å². The molecule has 1 saturated heterocycles. The van der Waals surface area contributed by atoms with Crippen LogP contribution in [0.4, 0.5) is 0 Å². The lowest BCUT2D eigenvalue weighted by Crippen LogP contribution is -2.53. The fourth-order valence-electron chi connectivity index (χ4n) is 4.72. The molecular weight excluding hydrogens is 396 g/mol. The SMILES string of the molecule is C=CCNC(=O)C1(Cc2ccccc2-c2cncnc2)CCCN(Cc2ccccc2)C1. The minimum atomic E-state index is -0.498. The van der Waals surface area contributed by atoms with Gasteiger partial charge in [0.25, 0.3) is 0 Å². The van der Waals surface area contributed by atoms with Crippen molar-refractivity contribution in [3.8, 4) is 11.1 Å². The van der Waals surface area contributed by atoms with Crippen molar-refractivity contribution in [1.82, 2.24) is 20.2 Å². The minimum absolute atomic E-state index is 0.106. The van der Waals surface area contributed by atoms with Crippen molar-refractivity contribution in [2.45, 2.75) is 25.8 Å². The maximum atomic E-state index is 13.5. The van der Waals surface area contributed by atoms with Crippen LogP contribution in [0.1, 0.15) is 24.0 Å². The van der Waals surface area contributed by atoms with Gasteiger partial charge in [-0.05, 0) is 42.5 Å². The van der Waals surface area contributed by atoms with Crippen LogP contribution in [0.15, 0.2) is 86.0 Å². The van der Waals surface area contributed by atoms with E-state index in [-0.39, 0.29) is 5.91 Å². The molecule has 1 aliphatic heterocycles. The Morgan fingerprint density at radius 1 is 1.09 bits per heavy atom. The summed E-state index contributed by atoms with van der Waals surface area (Å²) in [5.41, 5.74) is 3.99. The molecular formula is C27H30N4O. The van der Waals surface area contributed by atoms with E-state index in [4.69, 9.17) is 0 Å². The monoisotopic (exact) mass is 426 g/mol. The molecule has 0 spiro atoms. The topological polar surface area (TPSA) is 58.1 Å². The Balaban J connectivity index is 1.64. The van der Waals surface area contributed by atoms with Crippen molar-refractivity contribution < 1.29 is 4.79 Å². The van der Waals surface area contributed by atoms with E-state index in [1.807, 2.05) is 30.6 Å². The molecule has 1 N–H and O–H groups in total. The number of nitrogens with zero attached hydrogens (tertiary/aromatic N) is 3. The van der Waals surface area contributed by atoms with Crippen LogP contribution in [0.3, 0.4) is 0 Å². The minimum Gasteiger partial charge on any atom is -0.352 e. The molecule has 2 aromatic carbocycles. The molecule has 1 atom stereocenters. The zero-order valence-corrected chi connectivity index (χ0v) is 18.4. The molecule has 5 heteroatoms. The predicted molar refractivity (Wildman–Crippen MR) is 128 cm³/mol. The Kier molecular flexibility index (Phi) is 7.07. The normalized spacial score (nSPS) is 18.8. The lowest BCUT2D eigenvalue weighted by Gasteiger charge is -2.42. The molecule has 0 bridgehead atoms. The van der Waals surface area contributed by atoms with E-state index in [9.17, 15) is 4.79 Å². The molecule has 1 amide bonds. The summed E-state index contributed by atoms with van der Waals surface area (Å²) in [5.74, 6) is 0.106. The summed E-state index contributed by atoms with van der Waals surface area (Å²) in [6.07, 6.45) is 9.47. The highest BCUT2D eigenvalue weighted by molar-refractivity contribution is 5.84. The second-order valence-electron chi connectivity index (χ2n) is 8.54. The van der Waals surface area contributed by atoms with Crippen LogP contribution in [0.25, 0.3) is 11.1 Å². The van der Waals surface area contributed by atoms with Gasteiger partial charge in [-0.3, -0.25) is 9.69 Å². The first kappa shape index (κ1) is 21.9. The molecule has 0 aliphatic carbocycles. The lowest BCUT2D eigenvalue weighted by atomic mass is 9.73. The molecule has 4 rings (SSSR count). The number of hydrogen-bond acceptors (Lipinski definition) is 4. The Hall–Kier alpha value is -3.31. The number of carbonyl (C=O) groups excluding carboxylic acids is 1. The quantitative estimate of drug-likeness (QED) is 0.547. The maximum absolute atomic E-state index is 13.5. The molecule has 164 valence electrons. The summed E-state index contributed by atoms with van der Waals surface area (Å²) in [7, 11) is 0. The van der Waals surface area contributed by atoms with Crippen molar-refractivity contribution >= 4 is 5.91 Å². The Bertz CT molecular complexity index is 1040. The molecule has 0 saturated carbocycles. The molecule has 1 fully saturated rings. The van der Waals surface area contributed by atoms with E-state index < -0.39 is 5.41 Å². The van der Waals surface area contributed by atoms with Crippen molar-refractivity contribution in [2.75, 3.05) is 19.6 Å². The Labute approximate surface area is 190 Å². The number of carbonyl (C=O) groups is 1. The third kappa shape index (κ3) is 5.11. The highest BCUT2D eigenvalue weighted by Crippen LogP contribution is 2.37. The van der Waals surface area contributed by atoms with Crippen LogP contribution >= 0.6 is 0 Å². The number of amides is 1. The number of piperidine rings is 1. The van der Waals surface area contributed by atoms with Crippen molar-refractivity contribution in [2.24, 2.45) is 5.41 Å². The molecule has 0 radical (unpaired) electrons. The van der Waals surface area contributed by atoms with Gasteiger partial charge >= 0.3 is 0 Å². The van der Waals surface area contributed by atoms with Gasteiger partial charge in [0.1, 0.15) is 6.33 Å². The average Bonchev–Trinajstić information content (AvgIpc) is 2.84. The lowest BCUT2D eigenvalue weighted by molar-refractivity contribution is -0.134. The third-order valence-electron chi connectivity index (χ3n) is 6.21. The van der Waals surface area contributed by atoms with Crippen LogP contribution < -0.4 is 5.32 Å². The van der Waals surface area contributed by atoms with Crippen LogP contribution in [-0.2, 0) is 17.8 Å². The summed E-state index contributed by atoms with van der Waals surface area (Å²) in [4.78, 5) is 24.3. The van der Waals surface area contributed by atoms with E-state index >= 15 is 0 Å². The van der Waals surface area contributed by atoms with E-state index in [0.29, 0.717) is 13.0 Å². The van der Waals surface area contributed by atoms with Gasteiger partial charge in [-0.25, -0.2) is 9.97 Å². The number of rotatable bonds is 8. The maximum Gasteiger partial charge on any atom is 0.228 e. The zero-order valence-electron chi connectivity index (χ0n) is 18.4. The third-order valence-corrected chi connectivity index (χ3v) is 6.21.